The highest BCUT2D eigenvalue weighted by molar-refractivity contribution is 14.2. The molecule has 0 aromatic rings. The Bertz CT molecular complexity index is 27.0. The minimum Gasteiger partial charge on any atom is -0.0809 e. The first-order valence-corrected chi connectivity index (χ1v) is 5.30. The summed E-state index contributed by atoms with van der Waals surface area (Å²) in [5, 5.41) is 0. The topological polar surface area (TPSA) is 0 Å². The van der Waals surface area contributed by atoms with Gasteiger partial charge in [0, 0.05) is 3.92 Å². The predicted molar refractivity (Wildman–Crippen MR) is 55.3 cm³/mol. The fraction of sp³-hybridized carbons (Fsp3) is 1.00. The number of rotatable bonds is 1. The minimum absolute atomic E-state index is 0.779. The molecule has 0 aliphatic heterocycles. The van der Waals surface area contributed by atoms with E-state index in [-0.39, 0.29) is 0 Å². The molecule has 0 bridgehead atoms. The van der Waals surface area contributed by atoms with Crippen molar-refractivity contribution in [1.82, 2.24) is 0 Å². The van der Waals surface area contributed by atoms with Gasteiger partial charge in [0.2, 0.25) is 0 Å². The Morgan fingerprint density at radius 1 is 1.17 bits per heavy atom. The molecule has 6 heavy (non-hydrogen) atoms. The summed E-state index contributed by atoms with van der Waals surface area (Å²) in [4.78, 5) is 0. The van der Waals surface area contributed by atoms with Gasteiger partial charge in [-0.25, -0.2) is 0 Å². The third-order valence-corrected chi connectivity index (χ3v) is 5.98. The maximum Gasteiger partial charge on any atom is 0.0741 e. The van der Waals surface area contributed by atoms with Crippen molar-refractivity contribution in [3.05, 3.63) is 0 Å². The third kappa shape index (κ3) is 4.35. The molecule has 0 saturated carbocycles. The maximum atomic E-state index is 2.42. The van der Waals surface area contributed by atoms with E-state index in [1.165, 1.54) is 0 Å². The van der Waals surface area contributed by atoms with E-state index in [4.69, 9.17) is 0 Å². The predicted octanol–water partition coefficient (Wildman–Crippen LogP) is 3.01. The van der Waals surface area contributed by atoms with E-state index in [1.807, 2.05) is 0 Å². The standard InChI is InChI=1S/C3H5I3/c1-2(4)3(5)6/h2-3H,1H3. The van der Waals surface area contributed by atoms with Gasteiger partial charge in [-0.3, -0.25) is 0 Å². The van der Waals surface area contributed by atoms with Gasteiger partial charge in [-0.1, -0.05) is 74.7 Å². The quantitative estimate of drug-likeness (QED) is 0.451. The van der Waals surface area contributed by atoms with Crippen molar-refractivity contribution in [3.8, 4) is 0 Å². The van der Waals surface area contributed by atoms with Crippen LogP contribution in [0.3, 0.4) is 0 Å². The van der Waals surface area contributed by atoms with Crippen LogP contribution in [0.2, 0.25) is 0 Å². The molecule has 0 aromatic carbocycles. The molecule has 38 valence electrons. The largest absolute Gasteiger partial charge is 0.0809 e. The van der Waals surface area contributed by atoms with Gasteiger partial charge in [-0.15, -0.1) is 0 Å². The molecule has 0 aliphatic carbocycles. The maximum absolute atomic E-state index is 2.42. The monoisotopic (exact) mass is 422 g/mol. The summed E-state index contributed by atoms with van der Waals surface area (Å²) in [5.74, 6) is 0. The molecule has 1 atom stereocenters. The highest BCUT2D eigenvalue weighted by Gasteiger charge is 2.02. The van der Waals surface area contributed by atoms with Crippen molar-refractivity contribution in [1.29, 1.82) is 0 Å². The summed E-state index contributed by atoms with van der Waals surface area (Å²) in [6.07, 6.45) is 0. The van der Waals surface area contributed by atoms with Crippen LogP contribution in [0.1, 0.15) is 6.92 Å². The van der Waals surface area contributed by atoms with E-state index in [9.17, 15) is 0 Å². The zero-order valence-electron chi connectivity index (χ0n) is 3.29. The second-order valence-corrected chi connectivity index (χ2v) is 8.04. The number of hydrogen-bond donors (Lipinski definition) is 0. The first-order valence-electron chi connectivity index (χ1n) is 1.57. The summed E-state index contributed by atoms with van der Waals surface area (Å²) in [6, 6.07) is 0. The van der Waals surface area contributed by atoms with Gasteiger partial charge in [0.15, 0.2) is 0 Å². The van der Waals surface area contributed by atoms with Crippen LogP contribution in [0.15, 0.2) is 0 Å². The van der Waals surface area contributed by atoms with Crippen LogP contribution in [0.25, 0.3) is 0 Å². The second kappa shape index (κ2) is 4.11. The van der Waals surface area contributed by atoms with E-state index in [0.29, 0.717) is 0 Å². The summed E-state index contributed by atoms with van der Waals surface area (Å²) >= 11 is 7.24. The highest BCUT2D eigenvalue weighted by atomic mass is 127. The lowest BCUT2D eigenvalue weighted by molar-refractivity contribution is 1.18. The second-order valence-electron chi connectivity index (χ2n) is 1.01. The molecular weight excluding hydrogens is 417 g/mol. The lowest BCUT2D eigenvalue weighted by Gasteiger charge is -1.99. The molecule has 0 aromatic heterocycles. The zero-order valence-corrected chi connectivity index (χ0v) is 9.76. The lowest BCUT2D eigenvalue weighted by atomic mass is 10.6. The van der Waals surface area contributed by atoms with Crippen LogP contribution < -0.4 is 0 Å². The average Bonchev–Trinajstić information content (AvgIpc) is 1.36. The van der Waals surface area contributed by atoms with Gasteiger partial charge in [0.25, 0.3) is 0 Å². The molecule has 1 unspecified atom stereocenters. The molecule has 0 fully saturated rings. The van der Waals surface area contributed by atoms with Crippen molar-refractivity contribution in [2.24, 2.45) is 0 Å². The fourth-order valence-corrected chi connectivity index (χ4v) is 0. The lowest BCUT2D eigenvalue weighted by Crippen LogP contribution is -1.97. The third-order valence-electron chi connectivity index (χ3n) is 0.347. The highest BCUT2D eigenvalue weighted by Crippen LogP contribution is 2.20. The zero-order chi connectivity index (χ0) is 5.15. The first-order chi connectivity index (χ1) is 2.64. The van der Waals surface area contributed by atoms with Crippen molar-refractivity contribution < 1.29 is 0 Å². The molecule has 0 saturated heterocycles. The van der Waals surface area contributed by atoms with Crippen LogP contribution >= 0.6 is 67.8 Å². The van der Waals surface area contributed by atoms with Crippen molar-refractivity contribution >= 4 is 67.8 Å². The Labute approximate surface area is 79.3 Å². The van der Waals surface area contributed by atoms with Crippen LogP contribution in [0.5, 0.6) is 0 Å². The van der Waals surface area contributed by atoms with E-state index in [0.717, 1.165) is 5.86 Å². The van der Waals surface area contributed by atoms with Gasteiger partial charge in [-0.05, 0) is 0 Å². The summed E-state index contributed by atoms with van der Waals surface area (Å²) in [7, 11) is 0. The molecule has 0 radical (unpaired) electrons. The van der Waals surface area contributed by atoms with E-state index in [1.54, 1.807) is 0 Å². The van der Waals surface area contributed by atoms with Crippen LogP contribution in [0.4, 0.5) is 0 Å². The molecule has 0 nitrogen and oxygen atoms in total. The summed E-state index contributed by atoms with van der Waals surface area (Å²) in [6.45, 7) is 2.21. The number of alkyl halides is 3. The molecule has 3 heteroatoms. The first kappa shape index (κ1) is 8.19. The van der Waals surface area contributed by atoms with Crippen LogP contribution in [-0.4, -0.2) is 5.86 Å². The normalized spacial score (nSPS) is 15.5. The van der Waals surface area contributed by atoms with Crippen molar-refractivity contribution in [3.63, 3.8) is 0 Å². The molecule has 0 amide bonds. The Morgan fingerprint density at radius 2 is 1.33 bits per heavy atom. The van der Waals surface area contributed by atoms with Crippen LogP contribution in [0, 0.1) is 0 Å². The Morgan fingerprint density at radius 3 is 1.33 bits per heavy atom. The van der Waals surface area contributed by atoms with E-state index >= 15 is 0 Å². The molecule has 0 heterocycles. The average molecular weight is 422 g/mol. The van der Waals surface area contributed by atoms with Crippen LogP contribution in [-0.2, 0) is 0 Å². The Hall–Kier alpha value is 2.19. The van der Waals surface area contributed by atoms with Crippen molar-refractivity contribution in [2.45, 2.75) is 12.8 Å². The number of halogens is 3. The SMILES string of the molecule is CC(I)C(I)I. The molecule has 0 N–H and O–H groups in total. The molecule has 0 rings (SSSR count). The van der Waals surface area contributed by atoms with E-state index in [2.05, 4.69) is 74.7 Å². The molecular formula is C3H5I3. The molecule has 0 aliphatic rings. The van der Waals surface area contributed by atoms with Gasteiger partial charge in [0.05, 0.1) is 1.93 Å². The molecule has 0 spiro atoms. The van der Waals surface area contributed by atoms with Gasteiger partial charge >= 0.3 is 0 Å². The number of hydrogen-bond acceptors (Lipinski definition) is 0. The van der Waals surface area contributed by atoms with E-state index < -0.39 is 0 Å². The van der Waals surface area contributed by atoms with Gasteiger partial charge in [-0.2, -0.15) is 0 Å². The van der Waals surface area contributed by atoms with Gasteiger partial charge in [0.1, 0.15) is 0 Å². The fourth-order valence-electron chi connectivity index (χ4n) is 0. The van der Waals surface area contributed by atoms with Crippen molar-refractivity contribution in [2.75, 3.05) is 0 Å². The van der Waals surface area contributed by atoms with Gasteiger partial charge < -0.3 is 0 Å². The summed E-state index contributed by atoms with van der Waals surface area (Å²) in [5.41, 5.74) is 0. The smallest absolute Gasteiger partial charge is 0.0741 e. The summed E-state index contributed by atoms with van der Waals surface area (Å²) < 4.78 is 1.57. The minimum atomic E-state index is 0.779. The Kier molecular flexibility index (Phi) is 5.61. The Balaban J connectivity index is 2.99.